The van der Waals surface area contributed by atoms with Crippen LogP contribution in [0.2, 0.25) is 0 Å². The maximum absolute atomic E-state index is 3.69. The van der Waals surface area contributed by atoms with E-state index in [9.17, 15) is 0 Å². The van der Waals surface area contributed by atoms with Crippen molar-refractivity contribution in [2.24, 2.45) is 11.3 Å². The predicted octanol–water partition coefficient (Wildman–Crippen LogP) is 1.37. The zero-order valence-corrected chi connectivity index (χ0v) is 8.90. The van der Waals surface area contributed by atoms with Crippen LogP contribution in [-0.2, 0) is 0 Å². The fourth-order valence-electron chi connectivity index (χ4n) is 2.48. The van der Waals surface area contributed by atoms with Gasteiger partial charge in [-0.3, -0.25) is 0 Å². The second-order valence-corrected chi connectivity index (χ2v) is 5.39. The standard InChI is InChI=1S/C11H22N2/c1-9-5-10(6-9)13-8-11(2)3-4-12-7-11/h9-10,12-13H,3-8H2,1-2H3. The zero-order valence-electron chi connectivity index (χ0n) is 8.90. The molecule has 1 unspecified atom stereocenters. The summed E-state index contributed by atoms with van der Waals surface area (Å²) in [7, 11) is 0. The fraction of sp³-hybridized carbons (Fsp3) is 1.00. The van der Waals surface area contributed by atoms with E-state index in [1.165, 1.54) is 38.9 Å². The van der Waals surface area contributed by atoms with Crippen LogP contribution in [0.15, 0.2) is 0 Å². The minimum absolute atomic E-state index is 0.527. The summed E-state index contributed by atoms with van der Waals surface area (Å²) in [6, 6.07) is 0.826. The molecule has 1 heterocycles. The van der Waals surface area contributed by atoms with Gasteiger partial charge in [0.1, 0.15) is 0 Å². The summed E-state index contributed by atoms with van der Waals surface area (Å²) in [5.41, 5.74) is 0.527. The number of rotatable bonds is 3. The van der Waals surface area contributed by atoms with E-state index < -0.39 is 0 Å². The first-order valence-electron chi connectivity index (χ1n) is 5.62. The molecule has 2 heteroatoms. The van der Waals surface area contributed by atoms with Gasteiger partial charge in [-0.1, -0.05) is 13.8 Å². The minimum atomic E-state index is 0.527. The molecule has 0 aromatic rings. The number of nitrogens with one attached hydrogen (secondary N) is 2. The Labute approximate surface area is 81.5 Å². The summed E-state index contributed by atoms with van der Waals surface area (Å²) in [4.78, 5) is 0. The fourth-order valence-corrected chi connectivity index (χ4v) is 2.48. The molecule has 2 aliphatic rings. The lowest BCUT2D eigenvalue weighted by Crippen LogP contribution is -2.45. The molecule has 76 valence electrons. The molecule has 1 saturated heterocycles. The molecule has 1 atom stereocenters. The maximum atomic E-state index is 3.69. The number of hydrogen-bond acceptors (Lipinski definition) is 2. The molecule has 2 fully saturated rings. The second-order valence-electron chi connectivity index (χ2n) is 5.39. The molecule has 0 amide bonds. The lowest BCUT2D eigenvalue weighted by molar-refractivity contribution is 0.211. The first-order valence-corrected chi connectivity index (χ1v) is 5.62. The van der Waals surface area contributed by atoms with Gasteiger partial charge in [0, 0.05) is 19.1 Å². The van der Waals surface area contributed by atoms with E-state index in [-0.39, 0.29) is 0 Å². The third kappa shape index (κ3) is 2.23. The van der Waals surface area contributed by atoms with Crippen LogP contribution in [0, 0.1) is 11.3 Å². The van der Waals surface area contributed by atoms with Gasteiger partial charge in [0.2, 0.25) is 0 Å². The van der Waals surface area contributed by atoms with Crippen molar-refractivity contribution in [2.75, 3.05) is 19.6 Å². The van der Waals surface area contributed by atoms with Gasteiger partial charge in [-0.25, -0.2) is 0 Å². The lowest BCUT2D eigenvalue weighted by atomic mass is 9.80. The van der Waals surface area contributed by atoms with Gasteiger partial charge in [0.05, 0.1) is 0 Å². The van der Waals surface area contributed by atoms with E-state index in [0.29, 0.717) is 5.41 Å². The van der Waals surface area contributed by atoms with E-state index >= 15 is 0 Å². The van der Waals surface area contributed by atoms with E-state index in [4.69, 9.17) is 0 Å². The van der Waals surface area contributed by atoms with Crippen molar-refractivity contribution < 1.29 is 0 Å². The summed E-state index contributed by atoms with van der Waals surface area (Å²) in [6.45, 7) is 8.35. The van der Waals surface area contributed by atoms with Gasteiger partial charge in [-0.05, 0) is 37.1 Å². The molecule has 1 aliphatic heterocycles. The summed E-state index contributed by atoms with van der Waals surface area (Å²) in [6.07, 6.45) is 4.12. The molecule has 0 spiro atoms. The van der Waals surface area contributed by atoms with Crippen LogP contribution in [0.5, 0.6) is 0 Å². The Morgan fingerprint density at radius 3 is 2.77 bits per heavy atom. The average molecular weight is 182 g/mol. The topological polar surface area (TPSA) is 24.1 Å². The molecule has 0 bridgehead atoms. The van der Waals surface area contributed by atoms with Gasteiger partial charge in [-0.2, -0.15) is 0 Å². The predicted molar refractivity (Wildman–Crippen MR) is 55.8 cm³/mol. The van der Waals surface area contributed by atoms with E-state index in [0.717, 1.165) is 12.0 Å². The SMILES string of the molecule is CC1CC(NCC2(C)CCNC2)C1. The first kappa shape index (κ1) is 9.47. The minimum Gasteiger partial charge on any atom is -0.316 e. The molecule has 2 nitrogen and oxygen atoms in total. The molecule has 2 N–H and O–H groups in total. The van der Waals surface area contributed by atoms with Crippen molar-refractivity contribution in [3.8, 4) is 0 Å². The smallest absolute Gasteiger partial charge is 0.00723 e. The Hall–Kier alpha value is -0.0800. The highest BCUT2D eigenvalue weighted by Gasteiger charge is 2.31. The molecule has 0 aromatic carbocycles. The van der Waals surface area contributed by atoms with Crippen molar-refractivity contribution >= 4 is 0 Å². The van der Waals surface area contributed by atoms with Crippen LogP contribution in [0.3, 0.4) is 0 Å². The van der Waals surface area contributed by atoms with Crippen LogP contribution in [-0.4, -0.2) is 25.7 Å². The van der Waals surface area contributed by atoms with Crippen LogP contribution in [0.4, 0.5) is 0 Å². The van der Waals surface area contributed by atoms with E-state index in [1.807, 2.05) is 0 Å². The van der Waals surface area contributed by atoms with E-state index in [2.05, 4.69) is 24.5 Å². The van der Waals surface area contributed by atoms with Crippen molar-refractivity contribution in [2.45, 2.75) is 39.2 Å². The van der Waals surface area contributed by atoms with Crippen LogP contribution in [0.1, 0.15) is 33.1 Å². The molecular formula is C11H22N2. The van der Waals surface area contributed by atoms with Gasteiger partial charge >= 0.3 is 0 Å². The first-order chi connectivity index (χ1) is 6.18. The van der Waals surface area contributed by atoms with Crippen LogP contribution < -0.4 is 10.6 Å². The van der Waals surface area contributed by atoms with Gasteiger partial charge in [0.15, 0.2) is 0 Å². The van der Waals surface area contributed by atoms with Gasteiger partial charge in [0.25, 0.3) is 0 Å². The maximum Gasteiger partial charge on any atom is 0.00723 e. The highest BCUT2D eigenvalue weighted by molar-refractivity contribution is 4.89. The summed E-state index contributed by atoms with van der Waals surface area (Å²) in [5, 5.41) is 7.13. The largest absolute Gasteiger partial charge is 0.316 e. The van der Waals surface area contributed by atoms with Crippen molar-refractivity contribution in [3.63, 3.8) is 0 Å². The third-order valence-corrected chi connectivity index (χ3v) is 3.65. The summed E-state index contributed by atoms with van der Waals surface area (Å²) >= 11 is 0. The molecule has 0 radical (unpaired) electrons. The molecule has 2 rings (SSSR count). The Bertz CT molecular complexity index is 167. The van der Waals surface area contributed by atoms with Crippen LogP contribution in [0.25, 0.3) is 0 Å². The average Bonchev–Trinajstić information content (AvgIpc) is 2.45. The number of hydrogen-bond donors (Lipinski definition) is 2. The molecule has 0 aromatic heterocycles. The summed E-state index contributed by atoms with van der Waals surface area (Å²) in [5.74, 6) is 0.965. The van der Waals surface area contributed by atoms with Crippen molar-refractivity contribution in [1.29, 1.82) is 0 Å². The normalized spacial score (nSPS) is 44.8. The Morgan fingerprint density at radius 1 is 1.46 bits per heavy atom. The monoisotopic (exact) mass is 182 g/mol. The lowest BCUT2D eigenvalue weighted by Gasteiger charge is -2.36. The molecule has 1 saturated carbocycles. The zero-order chi connectivity index (χ0) is 9.31. The van der Waals surface area contributed by atoms with E-state index in [1.54, 1.807) is 0 Å². The second kappa shape index (κ2) is 3.58. The Balaban J connectivity index is 1.67. The highest BCUT2D eigenvalue weighted by Crippen LogP contribution is 2.28. The summed E-state index contributed by atoms with van der Waals surface area (Å²) < 4.78 is 0. The Kier molecular flexibility index (Phi) is 2.61. The van der Waals surface area contributed by atoms with Crippen LogP contribution >= 0.6 is 0 Å². The molecule has 1 aliphatic carbocycles. The van der Waals surface area contributed by atoms with Gasteiger partial charge < -0.3 is 10.6 Å². The molecule has 13 heavy (non-hydrogen) atoms. The van der Waals surface area contributed by atoms with Crippen molar-refractivity contribution in [3.05, 3.63) is 0 Å². The molecular weight excluding hydrogens is 160 g/mol. The highest BCUT2D eigenvalue weighted by atomic mass is 15.0. The Morgan fingerprint density at radius 2 is 2.23 bits per heavy atom. The third-order valence-electron chi connectivity index (χ3n) is 3.65. The van der Waals surface area contributed by atoms with Gasteiger partial charge in [-0.15, -0.1) is 0 Å². The quantitative estimate of drug-likeness (QED) is 0.689. The van der Waals surface area contributed by atoms with Crippen molar-refractivity contribution in [1.82, 2.24) is 10.6 Å².